The van der Waals surface area contributed by atoms with E-state index >= 15 is 0 Å². The van der Waals surface area contributed by atoms with Crippen LogP contribution >= 0.6 is 0 Å². The molecule has 3 rings (SSSR count). The van der Waals surface area contributed by atoms with Gasteiger partial charge in [0, 0.05) is 37.6 Å². The number of likely N-dealkylation sites (tertiary alicyclic amines) is 1. The first-order chi connectivity index (χ1) is 11.8. The van der Waals surface area contributed by atoms with Crippen molar-refractivity contribution in [2.45, 2.75) is 51.0 Å². The lowest BCUT2D eigenvalue weighted by Crippen LogP contribution is -2.35. The Morgan fingerprint density at radius 1 is 1.00 bits per heavy atom. The number of hydrogen-bond acceptors (Lipinski definition) is 3. The molecule has 0 saturated carbocycles. The maximum absolute atomic E-state index is 12.3. The van der Waals surface area contributed by atoms with Gasteiger partial charge in [-0.2, -0.15) is 0 Å². The lowest BCUT2D eigenvalue weighted by molar-refractivity contribution is 0.0247. The summed E-state index contributed by atoms with van der Waals surface area (Å²) < 4.78 is 5.73. The number of anilines is 2. The number of amides is 2. The van der Waals surface area contributed by atoms with Crippen molar-refractivity contribution >= 4 is 17.4 Å². The van der Waals surface area contributed by atoms with Crippen LogP contribution in [0.5, 0.6) is 0 Å². The van der Waals surface area contributed by atoms with Crippen molar-refractivity contribution in [3.05, 3.63) is 24.3 Å². The molecule has 5 nitrogen and oxygen atoms in total. The summed E-state index contributed by atoms with van der Waals surface area (Å²) in [6.07, 6.45) is 8.58. The minimum Gasteiger partial charge on any atom is -0.382 e. The highest BCUT2D eigenvalue weighted by Gasteiger charge is 2.15. The zero-order chi connectivity index (χ0) is 16.6. The van der Waals surface area contributed by atoms with Gasteiger partial charge in [-0.3, -0.25) is 0 Å². The molecule has 5 heteroatoms. The molecular formula is C19H29N3O2. The lowest BCUT2D eigenvalue weighted by atomic mass is 10.1. The van der Waals surface area contributed by atoms with E-state index in [0.717, 1.165) is 56.9 Å². The second kappa shape index (κ2) is 8.92. The van der Waals surface area contributed by atoms with E-state index < -0.39 is 0 Å². The average molecular weight is 331 g/mol. The number of carbonyl (C=O) groups excluding carboxylic acids is 1. The van der Waals surface area contributed by atoms with Crippen LogP contribution in [0.2, 0.25) is 0 Å². The van der Waals surface area contributed by atoms with Gasteiger partial charge in [-0.1, -0.05) is 12.8 Å². The van der Waals surface area contributed by atoms with Crippen LogP contribution < -0.4 is 10.6 Å². The summed E-state index contributed by atoms with van der Waals surface area (Å²) in [6.45, 7) is 3.47. The SMILES string of the molecule is O=C(Nc1ccc(NC[C@H]2CCCCO2)cc1)N1CCCCCC1. The highest BCUT2D eigenvalue weighted by molar-refractivity contribution is 5.89. The van der Waals surface area contributed by atoms with Crippen molar-refractivity contribution in [2.75, 3.05) is 36.9 Å². The predicted octanol–water partition coefficient (Wildman–Crippen LogP) is 4.08. The van der Waals surface area contributed by atoms with E-state index in [9.17, 15) is 4.79 Å². The van der Waals surface area contributed by atoms with Gasteiger partial charge in [0.05, 0.1) is 6.10 Å². The van der Waals surface area contributed by atoms with Gasteiger partial charge >= 0.3 is 6.03 Å². The van der Waals surface area contributed by atoms with Crippen molar-refractivity contribution in [1.82, 2.24) is 4.90 Å². The number of benzene rings is 1. The van der Waals surface area contributed by atoms with Crippen LogP contribution in [0.3, 0.4) is 0 Å². The van der Waals surface area contributed by atoms with Crippen LogP contribution in [0, 0.1) is 0 Å². The van der Waals surface area contributed by atoms with Crippen LogP contribution in [0.25, 0.3) is 0 Å². The Balaban J connectivity index is 1.45. The van der Waals surface area contributed by atoms with Crippen molar-refractivity contribution in [2.24, 2.45) is 0 Å². The zero-order valence-corrected chi connectivity index (χ0v) is 14.4. The van der Waals surface area contributed by atoms with Crippen LogP contribution in [-0.4, -0.2) is 43.3 Å². The summed E-state index contributed by atoms with van der Waals surface area (Å²) in [5.74, 6) is 0. The first-order valence-electron chi connectivity index (χ1n) is 9.33. The molecule has 2 fully saturated rings. The maximum Gasteiger partial charge on any atom is 0.321 e. The number of urea groups is 1. The number of carbonyl (C=O) groups is 1. The van der Waals surface area contributed by atoms with E-state index in [4.69, 9.17) is 4.74 Å². The minimum absolute atomic E-state index is 0.0215. The van der Waals surface area contributed by atoms with E-state index in [1.165, 1.54) is 25.7 Å². The predicted molar refractivity (Wildman–Crippen MR) is 97.6 cm³/mol. The van der Waals surface area contributed by atoms with E-state index in [1.54, 1.807) is 0 Å². The monoisotopic (exact) mass is 331 g/mol. The largest absolute Gasteiger partial charge is 0.382 e. The molecule has 2 aliphatic heterocycles. The summed E-state index contributed by atoms with van der Waals surface area (Å²) in [4.78, 5) is 14.3. The zero-order valence-electron chi connectivity index (χ0n) is 14.4. The summed E-state index contributed by atoms with van der Waals surface area (Å²) >= 11 is 0. The second-order valence-corrected chi connectivity index (χ2v) is 6.78. The Kier molecular flexibility index (Phi) is 6.35. The van der Waals surface area contributed by atoms with Crippen molar-refractivity contribution in [1.29, 1.82) is 0 Å². The van der Waals surface area contributed by atoms with Gasteiger partial charge in [0.25, 0.3) is 0 Å². The van der Waals surface area contributed by atoms with Gasteiger partial charge in [0.15, 0.2) is 0 Å². The topological polar surface area (TPSA) is 53.6 Å². The summed E-state index contributed by atoms with van der Waals surface area (Å²) in [5.41, 5.74) is 1.92. The van der Waals surface area contributed by atoms with E-state index in [2.05, 4.69) is 10.6 Å². The third-order valence-corrected chi connectivity index (χ3v) is 4.84. The number of rotatable bonds is 4. The van der Waals surface area contributed by atoms with Crippen LogP contribution in [-0.2, 0) is 4.74 Å². The first-order valence-corrected chi connectivity index (χ1v) is 9.33. The van der Waals surface area contributed by atoms with Crippen molar-refractivity contribution in [3.8, 4) is 0 Å². The van der Waals surface area contributed by atoms with E-state index in [-0.39, 0.29) is 6.03 Å². The van der Waals surface area contributed by atoms with Gasteiger partial charge in [0.1, 0.15) is 0 Å². The first kappa shape index (κ1) is 17.1. The molecule has 0 aliphatic carbocycles. The average Bonchev–Trinajstić information content (AvgIpc) is 2.91. The number of nitrogens with zero attached hydrogens (tertiary/aromatic N) is 1. The van der Waals surface area contributed by atoms with Crippen LogP contribution in [0.4, 0.5) is 16.2 Å². The molecule has 1 atom stereocenters. The normalized spacial score (nSPS) is 21.8. The highest BCUT2D eigenvalue weighted by Crippen LogP contribution is 2.17. The molecule has 2 N–H and O–H groups in total. The second-order valence-electron chi connectivity index (χ2n) is 6.78. The molecule has 2 amide bonds. The minimum atomic E-state index is 0.0215. The molecule has 0 aromatic heterocycles. The number of hydrogen-bond donors (Lipinski definition) is 2. The molecule has 1 aromatic rings. The molecule has 0 unspecified atom stereocenters. The standard InChI is InChI=1S/C19H29N3O2/c23-19(22-12-4-1-2-5-13-22)21-17-10-8-16(9-11-17)20-15-18-7-3-6-14-24-18/h8-11,18,20H,1-7,12-15H2,(H,21,23)/t18-/m1/s1. The lowest BCUT2D eigenvalue weighted by Gasteiger charge is -2.23. The third kappa shape index (κ3) is 5.13. The molecule has 0 bridgehead atoms. The van der Waals surface area contributed by atoms with Gasteiger partial charge < -0.3 is 20.3 Å². The Bertz CT molecular complexity index is 504. The molecule has 2 aliphatic rings. The Labute approximate surface area is 144 Å². The Hall–Kier alpha value is -1.75. The molecule has 24 heavy (non-hydrogen) atoms. The molecule has 2 heterocycles. The third-order valence-electron chi connectivity index (χ3n) is 4.84. The molecular weight excluding hydrogens is 302 g/mol. The number of ether oxygens (including phenoxy) is 1. The summed E-state index contributed by atoms with van der Waals surface area (Å²) in [6, 6.07) is 7.97. The van der Waals surface area contributed by atoms with Gasteiger partial charge in [-0.05, 0) is 56.4 Å². The van der Waals surface area contributed by atoms with Crippen molar-refractivity contribution in [3.63, 3.8) is 0 Å². The molecule has 2 saturated heterocycles. The fourth-order valence-electron chi connectivity index (χ4n) is 3.35. The fraction of sp³-hybridized carbons (Fsp3) is 0.632. The van der Waals surface area contributed by atoms with Gasteiger partial charge in [-0.15, -0.1) is 0 Å². The van der Waals surface area contributed by atoms with Crippen molar-refractivity contribution < 1.29 is 9.53 Å². The number of nitrogens with one attached hydrogen (secondary N) is 2. The summed E-state index contributed by atoms with van der Waals surface area (Å²) in [7, 11) is 0. The van der Waals surface area contributed by atoms with E-state index in [0.29, 0.717) is 6.10 Å². The van der Waals surface area contributed by atoms with E-state index in [1.807, 2.05) is 29.2 Å². The van der Waals surface area contributed by atoms with Crippen LogP contribution in [0.1, 0.15) is 44.9 Å². The van der Waals surface area contributed by atoms with Gasteiger partial charge in [-0.25, -0.2) is 4.79 Å². The molecule has 0 spiro atoms. The molecule has 1 aromatic carbocycles. The molecule has 132 valence electrons. The Morgan fingerprint density at radius 3 is 2.38 bits per heavy atom. The maximum atomic E-state index is 12.3. The quantitative estimate of drug-likeness (QED) is 0.874. The Morgan fingerprint density at radius 2 is 1.71 bits per heavy atom. The van der Waals surface area contributed by atoms with Crippen LogP contribution in [0.15, 0.2) is 24.3 Å². The molecule has 0 radical (unpaired) electrons. The smallest absolute Gasteiger partial charge is 0.321 e. The fourth-order valence-corrected chi connectivity index (χ4v) is 3.35. The summed E-state index contributed by atoms with van der Waals surface area (Å²) in [5, 5.41) is 6.43. The highest BCUT2D eigenvalue weighted by atomic mass is 16.5. The van der Waals surface area contributed by atoms with Gasteiger partial charge in [0.2, 0.25) is 0 Å².